The van der Waals surface area contributed by atoms with Crippen LogP contribution in [-0.2, 0) is 4.74 Å². The second-order valence-corrected chi connectivity index (χ2v) is 7.61. The van der Waals surface area contributed by atoms with Crippen LogP contribution >= 0.6 is 11.8 Å². The Kier molecular flexibility index (Phi) is 3.46. The Labute approximate surface area is 119 Å². The highest BCUT2D eigenvalue weighted by molar-refractivity contribution is 8.00. The highest BCUT2D eigenvalue weighted by atomic mass is 32.2. The number of fused-ring (bicyclic) bond motifs is 3. The number of ether oxygens (including phenoxy) is 1. The first-order valence-electron chi connectivity index (χ1n) is 7.71. The molecule has 3 fully saturated rings. The van der Waals surface area contributed by atoms with Crippen molar-refractivity contribution in [3.63, 3.8) is 0 Å². The Balaban J connectivity index is 1.47. The molecule has 0 aromatic carbocycles. The van der Waals surface area contributed by atoms with Gasteiger partial charge in [-0.15, -0.1) is 11.8 Å². The smallest absolute Gasteiger partial charge is 0.156 e. The van der Waals surface area contributed by atoms with Gasteiger partial charge in [0.05, 0.1) is 17.8 Å². The molecule has 4 unspecified atom stereocenters. The van der Waals surface area contributed by atoms with Crippen LogP contribution in [0.1, 0.15) is 32.1 Å². The van der Waals surface area contributed by atoms with Gasteiger partial charge in [-0.25, -0.2) is 4.99 Å². The lowest BCUT2D eigenvalue weighted by molar-refractivity contribution is -0.0643. The van der Waals surface area contributed by atoms with E-state index < -0.39 is 0 Å². The number of thioether (sulfide) groups is 1. The van der Waals surface area contributed by atoms with Crippen molar-refractivity contribution in [1.82, 2.24) is 10.6 Å². The molecule has 0 radical (unpaired) electrons. The molecule has 0 bridgehead atoms. The summed E-state index contributed by atoms with van der Waals surface area (Å²) in [4.78, 5) is 4.63. The minimum atomic E-state index is 0.0942. The maximum atomic E-state index is 6.38. The van der Waals surface area contributed by atoms with Crippen molar-refractivity contribution in [2.24, 2.45) is 16.8 Å². The van der Waals surface area contributed by atoms with Crippen LogP contribution in [0.5, 0.6) is 0 Å². The van der Waals surface area contributed by atoms with Gasteiger partial charge in [0.25, 0.3) is 0 Å². The summed E-state index contributed by atoms with van der Waals surface area (Å²) in [7, 11) is 0. The third kappa shape index (κ3) is 2.30. The summed E-state index contributed by atoms with van der Waals surface area (Å²) < 4.78 is 6.38. The number of hydrogen-bond acceptors (Lipinski definition) is 5. The average Bonchev–Trinajstić information content (AvgIpc) is 3.00. The first kappa shape index (κ1) is 12.5. The van der Waals surface area contributed by atoms with Crippen LogP contribution in [0.3, 0.4) is 0 Å². The van der Waals surface area contributed by atoms with Crippen molar-refractivity contribution in [2.45, 2.75) is 55.1 Å². The lowest BCUT2D eigenvalue weighted by atomic mass is 9.89. The molecule has 4 aliphatic rings. The van der Waals surface area contributed by atoms with Gasteiger partial charge in [0.15, 0.2) is 6.23 Å². The maximum absolute atomic E-state index is 6.38. The van der Waals surface area contributed by atoms with Gasteiger partial charge in [-0.1, -0.05) is 19.3 Å². The highest BCUT2D eigenvalue weighted by Crippen LogP contribution is 2.47. The van der Waals surface area contributed by atoms with Gasteiger partial charge in [-0.3, -0.25) is 0 Å². The summed E-state index contributed by atoms with van der Waals surface area (Å²) in [6.07, 6.45) is 8.94. The molecule has 3 aliphatic heterocycles. The topological polar surface area (TPSA) is 45.6 Å². The Morgan fingerprint density at radius 1 is 1.16 bits per heavy atom. The zero-order valence-corrected chi connectivity index (χ0v) is 12.1. The quantitative estimate of drug-likeness (QED) is 0.806. The van der Waals surface area contributed by atoms with E-state index in [1.54, 1.807) is 0 Å². The van der Waals surface area contributed by atoms with Crippen molar-refractivity contribution < 1.29 is 4.74 Å². The molecule has 5 heteroatoms. The summed E-state index contributed by atoms with van der Waals surface area (Å²) in [5.41, 5.74) is 0. The molecule has 2 N–H and O–H groups in total. The fourth-order valence-electron chi connectivity index (χ4n) is 4.04. The predicted octanol–water partition coefficient (Wildman–Crippen LogP) is 1.57. The van der Waals surface area contributed by atoms with Gasteiger partial charge in [0, 0.05) is 17.7 Å². The lowest BCUT2D eigenvalue weighted by Crippen LogP contribution is -2.46. The molecule has 1 saturated carbocycles. The Morgan fingerprint density at radius 3 is 2.95 bits per heavy atom. The van der Waals surface area contributed by atoms with Gasteiger partial charge in [-0.05, 0) is 25.3 Å². The minimum absolute atomic E-state index is 0.0942. The summed E-state index contributed by atoms with van der Waals surface area (Å²) in [5, 5.41) is 8.23. The van der Waals surface area contributed by atoms with Crippen LogP contribution < -0.4 is 10.6 Å². The third-order valence-electron chi connectivity index (χ3n) is 5.04. The zero-order chi connectivity index (χ0) is 12.7. The Bertz CT molecular complexity index is 359. The van der Waals surface area contributed by atoms with E-state index in [1.165, 1.54) is 32.1 Å². The second-order valence-electron chi connectivity index (χ2n) is 6.23. The predicted molar refractivity (Wildman–Crippen MR) is 78.4 cm³/mol. The minimum Gasteiger partial charge on any atom is -0.364 e. The number of nitrogens with zero attached hydrogens (tertiary/aromatic N) is 1. The van der Waals surface area contributed by atoms with Crippen molar-refractivity contribution in [3.05, 3.63) is 0 Å². The molecule has 19 heavy (non-hydrogen) atoms. The summed E-state index contributed by atoms with van der Waals surface area (Å²) >= 11 is 2.09. The van der Waals surface area contributed by atoms with Crippen LogP contribution in [0.4, 0.5) is 0 Å². The zero-order valence-electron chi connectivity index (χ0n) is 11.3. The van der Waals surface area contributed by atoms with E-state index in [1.807, 2.05) is 6.34 Å². The SMILES string of the molecule is C1=NC(OC2CCCCC2)C2C(N1)SC1CNC[C@H]12. The molecule has 3 heterocycles. The highest BCUT2D eigenvalue weighted by Gasteiger charge is 2.51. The average molecular weight is 281 g/mol. The second kappa shape index (κ2) is 5.26. The molecule has 106 valence electrons. The van der Waals surface area contributed by atoms with Gasteiger partial charge >= 0.3 is 0 Å². The standard InChI is InChI=1S/C14H23N3OS/c1-2-4-9(5-3-1)18-13-12-10-6-15-7-11(10)19-14(12)17-8-16-13/h8-15H,1-7H2,(H,16,17)/t10-,11?,12?,13?,14?/m1/s1. The molecule has 0 aromatic heterocycles. The molecule has 4 nitrogen and oxygen atoms in total. The monoisotopic (exact) mass is 281 g/mol. The number of nitrogens with one attached hydrogen (secondary N) is 2. The van der Waals surface area contributed by atoms with Crippen molar-refractivity contribution in [1.29, 1.82) is 0 Å². The summed E-state index contributed by atoms with van der Waals surface area (Å²) in [6, 6.07) is 0. The van der Waals surface area contributed by atoms with Crippen LogP contribution in [0, 0.1) is 11.8 Å². The van der Waals surface area contributed by atoms with Gasteiger partial charge in [-0.2, -0.15) is 0 Å². The van der Waals surface area contributed by atoms with Crippen molar-refractivity contribution in [3.8, 4) is 0 Å². The van der Waals surface area contributed by atoms with Crippen LogP contribution in [0.15, 0.2) is 4.99 Å². The van der Waals surface area contributed by atoms with E-state index in [2.05, 4.69) is 27.4 Å². The normalized spacial score (nSPS) is 45.8. The molecular formula is C14H23N3OS. The first-order valence-corrected chi connectivity index (χ1v) is 8.65. The molecular weight excluding hydrogens is 258 g/mol. The fourth-order valence-corrected chi connectivity index (χ4v) is 5.76. The molecule has 2 saturated heterocycles. The third-order valence-corrected chi connectivity index (χ3v) is 6.65. The van der Waals surface area contributed by atoms with Crippen molar-refractivity contribution in [2.75, 3.05) is 13.1 Å². The Morgan fingerprint density at radius 2 is 2.05 bits per heavy atom. The molecule has 4 rings (SSSR count). The van der Waals surface area contributed by atoms with E-state index in [9.17, 15) is 0 Å². The van der Waals surface area contributed by atoms with Gasteiger partial charge < -0.3 is 15.4 Å². The van der Waals surface area contributed by atoms with E-state index in [0.717, 1.165) is 24.3 Å². The van der Waals surface area contributed by atoms with Gasteiger partial charge in [0.2, 0.25) is 0 Å². The fraction of sp³-hybridized carbons (Fsp3) is 0.929. The van der Waals surface area contributed by atoms with Gasteiger partial charge in [0.1, 0.15) is 0 Å². The van der Waals surface area contributed by atoms with E-state index in [0.29, 0.717) is 17.4 Å². The summed E-state index contributed by atoms with van der Waals surface area (Å²) in [5.74, 6) is 1.28. The van der Waals surface area contributed by atoms with E-state index >= 15 is 0 Å². The number of aliphatic imine (C=N–C) groups is 1. The largest absolute Gasteiger partial charge is 0.364 e. The van der Waals surface area contributed by atoms with E-state index in [4.69, 9.17) is 4.74 Å². The summed E-state index contributed by atoms with van der Waals surface area (Å²) in [6.45, 7) is 2.29. The first-order chi connectivity index (χ1) is 9.42. The lowest BCUT2D eigenvalue weighted by Gasteiger charge is -2.35. The van der Waals surface area contributed by atoms with E-state index in [-0.39, 0.29) is 6.23 Å². The van der Waals surface area contributed by atoms with Crippen LogP contribution in [0.25, 0.3) is 0 Å². The molecule has 0 amide bonds. The Hall–Kier alpha value is -0.260. The van der Waals surface area contributed by atoms with Crippen LogP contribution in [0.2, 0.25) is 0 Å². The molecule has 0 aromatic rings. The number of hydrogen-bond donors (Lipinski definition) is 2. The number of rotatable bonds is 2. The molecule has 1 aliphatic carbocycles. The molecule has 5 atom stereocenters. The maximum Gasteiger partial charge on any atom is 0.156 e. The van der Waals surface area contributed by atoms with Crippen LogP contribution in [-0.4, -0.2) is 42.4 Å². The molecule has 0 spiro atoms. The van der Waals surface area contributed by atoms with Crippen molar-refractivity contribution >= 4 is 18.1 Å².